The molecule has 1 aliphatic carbocycles. The summed E-state index contributed by atoms with van der Waals surface area (Å²) in [5.41, 5.74) is 8.36. The fourth-order valence-corrected chi connectivity index (χ4v) is 2.06. The molecule has 0 fully saturated rings. The predicted octanol–water partition coefficient (Wildman–Crippen LogP) is 1.78. The quantitative estimate of drug-likeness (QED) is 0.829. The number of aromatic nitrogens is 2. The maximum Gasteiger partial charge on any atom is 0.243 e. The minimum atomic E-state index is -0.198. The van der Waals surface area contributed by atoms with Gasteiger partial charge in [-0.25, -0.2) is 0 Å². The highest BCUT2D eigenvalue weighted by molar-refractivity contribution is 5.43. The first-order valence-corrected chi connectivity index (χ1v) is 5.42. The van der Waals surface area contributed by atoms with E-state index in [2.05, 4.69) is 28.3 Å². The molecule has 82 valence electrons. The summed E-state index contributed by atoms with van der Waals surface area (Å²) >= 11 is 0. The molecule has 1 heterocycles. The van der Waals surface area contributed by atoms with Crippen LogP contribution in [0.25, 0.3) is 0 Å². The van der Waals surface area contributed by atoms with Crippen molar-refractivity contribution in [2.24, 2.45) is 5.73 Å². The number of rotatable bonds is 2. The summed E-state index contributed by atoms with van der Waals surface area (Å²) in [5.74, 6) is 1.55. The van der Waals surface area contributed by atoms with Crippen LogP contribution in [0.5, 0.6) is 0 Å². The molecule has 2 N–H and O–H groups in total. The Morgan fingerprint density at radius 2 is 2.25 bits per heavy atom. The molecule has 2 atom stereocenters. The van der Waals surface area contributed by atoms with Crippen molar-refractivity contribution in [2.75, 3.05) is 0 Å². The maximum atomic E-state index is 5.69. The van der Waals surface area contributed by atoms with E-state index in [1.807, 2.05) is 13.0 Å². The van der Waals surface area contributed by atoms with Gasteiger partial charge in [0.1, 0.15) is 0 Å². The maximum absolute atomic E-state index is 5.69. The zero-order chi connectivity index (χ0) is 11.1. The van der Waals surface area contributed by atoms with Gasteiger partial charge in [-0.1, -0.05) is 29.4 Å². The normalized spacial score (nSPS) is 20.0. The number of hydrogen-bond donors (Lipinski definition) is 1. The first-order chi connectivity index (χ1) is 7.75. The zero-order valence-electron chi connectivity index (χ0n) is 9.05. The van der Waals surface area contributed by atoms with E-state index in [0.717, 1.165) is 12.2 Å². The second-order valence-corrected chi connectivity index (χ2v) is 4.24. The van der Waals surface area contributed by atoms with Crippen molar-refractivity contribution in [1.29, 1.82) is 0 Å². The van der Waals surface area contributed by atoms with E-state index in [1.54, 1.807) is 0 Å². The van der Waals surface area contributed by atoms with E-state index >= 15 is 0 Å². The molecule has 0 saturated carbocycles. The van der Waals surface area contributed by atoms with Crippen molar-refractivity contribution in [2.45, 2.75) is 25.3 Å². The van der Waals surface area contributed by atoms with Crippen molar-refractivity contribution in [3.8, 4) is 0 Å². The first-order valence-electron chi connectivity index (χ1n) is 5.42. The summed E-state index contributed by atoms with van der Waals surface area (Å²) in [4.78, 5) is 4.33. The third-order valence-corrected chi connectivity index (χ3v) is 3.01. The summed E-state index contributed by atoms with van der Waals surface area (Å²) in [7, 11) is 0. The van der Waals surface area contributed by atoms with Crippen LogP contribution >= 0.6 is 0 Å². The highest BCUT2D eigenvalue weighted by Gasteiger charge is 2.31. The third-order valence-electron chi connectivity index (χ3n) is 3.01. The fourth-order valence-electron chi connectivity index (χ4n) is 2.06. The number of nitrogens with zero attached hydrogens (tertiary/aromatic N) is 2. The van der Waals surface area contributed by atoms with Crippen LogP contribution in [0.4, 0.5) is 0 Å². The van der Waals surface area contributed by atoms with Gasteiger partial charge < -0.3 is 10.3 Å². The van der Waals surface area contributed by atoms with Crippen LogP contribution in [-0.4, -0.2) is 10.1 Å². The van der Waals surface area contributed by atoms with Gasteiger partial charge in [-0.05, 0) is 24.5 Å². The molecule has 0 spiro atoms. The van der Waals surface area contributed by atoms with Gasteiger partial charge in [-0.15, -0.1) is 0 Å². The number of fused-ring (bicyclic) bond motifs is 1. The van der Waals surface area contributed by atoms with Crippen molar-refractivity contribution in [3.05, 3.63) is 47.1 Å². The average Bonchev–Trinajstić information content (AvgIpc) is 2.69. The molecule has 0 bridgehead atoms. The molecule has 1 aliphatic rings. The van der Waals surface area contributed by atoms with E-state index in [1.165, 1.54) is 11.1 Å². The minimum absolute atomic E-state index is 0.198. The molecule has 4 nitrogen and oxygen atoms in total. The Hall–Kier alpha value is -1.68. The summed E-state index contributed by atoms with van der Waals surface area (Å²) in [6, 6.07) is 8.15. The molecule has 0 amide bonds. The minimum Gasteiger partial charge on any atom is -0.338 e. The highest BCUT2D eigenvalue weighted by atomic mass is 16.5. The Morgan fingerprint density at radius 3 is 2.94 bits per heavy atom. The number of hydrogen-bond acceptors (Lipinski definition) is 4. The van der Waals surface area contributed by atoms with Crippen molar-refractivity contribution < 1.29 is 4.52 Å². The molecule has 0 saturated heterocycles. The van der Waals surface area contributed by atoms with Gasteiger partial charge in [-0.2, -0.15) is 4.98 Å². The second-order valence-electron chi connectivity index (χ2n) is 4.24. The summed E-state index contributed by atoms with van der Waals surface area (Å²) in [6.45, 7) is 1.84. The predicted molar refractivity (Wildman–Crippen MR) is 58.9 cm³/mol. The smallest absolute Gasteiger partial charge is 0.243 e. The first kappa shape index (κ1) is 9.54. The molecular weight excluding hydrogens is 202 g/mol. The van der Waals surface area contributed by atoms with Gasteiger partial charge in [0.2, 0.25) is 5.89 Å². The van der Waals surface area contributed by atoms with Crippen molar-refractivity contribution >= 4 is 0 Å². The van der Waals surface area contributed by atoms with Crippen LogP contribution in [0, 0.1) is 0 Å². The Morgan fingerprint density at radius 1 is 1.44 bits per heavy atom. The van der Waals surface area contributed by atoms with Crippen LogP contribution in [0.15, 0.2) is 28.8 Å². The highest BCUT2D eigenvalue weighted by Crippen LogP contribution is 2.38. The van der Waals surface area contributed by atoms with E-state index in [-0.39, 0.29) is 12.0 Å². The molecule has 1 aromatic heterocycles. The summed E-state index contributed by atoms with van der Waals surface area (Å²) < 4.78 is 5.11. The topological polar surface area (TPSA) is 64.9 Å². The molecule has 0 aliphatic heterocycles. The van der Waals surface area contributed by atoms with E-state index in [4.69, 9.17) is 10.3 Å². The lowest BCUT2D eigenvalue weighted by Crippen LogP contribution is -2.19. The van der Waals surface area contributed by atoms with Gasteiger partial charge in [0.25, 0.3) is 0 Å². The summed E-state index contributed by atoms with van der Waals surface area (Å²) in [5, 5.41) is 3.99. The Kier molecular flexibility index (Phi) is 2.04. The second kappa shape index (κ2) is 3.42. The van der Waals surface area contributed by atoms with E-state index in [9.17, 15) is 0 Å². The monoisotopic (exact) mass is 215 g/mol. The van der Waals surface area contributed by atoms with Crippen LogP contribution in [0.2, 0.25) is 0 Å². The van der Waals surface area contributed by atoms with Gasteiger partial charge in [-0.3, -0.25) is 0 Å². The van der Waals surface area contributed by atoms with Gasteiger partial charge in [0.05, 0.1) is 12.0 Å². The van der Waals surface area contributed by atoms with E-state index < -0.39 is 0 Å². The molecule has 0 radical (unpaired) electrons. The molecule has 16 heavy (non-hydrogen) atoms. The molecule has 4 heteroatoms. The fraction of sp³-hybridized carbons (Fsp3) is 0.333. The molecule has 1 aromatic carbocycles. The Labute approximate surface area is 93.5 Å². The van der Waals surface area contributed by atoms with Crippen LogP contribution in [-0.2, 0) is 6.42 Å². The SMILES string of the molecule is CC(N)c1nc(C2Cc3ccccc32)no1. The van der Waals surface area contributed by atoms with Crippen LogP contribution in [0.3, 0.4) is 0 Å². The third kappa shape index (κ3) is 1.34. The van der Waals surface area contributed by atoms with Crippen molar-refractivity contribution in [1.82, 2.24) is 10.1 Å². The van der Waals surface area contributed by atoms with Gasteiger partial charge in [0, 0.05) is 0 Å². The Balaban J connectivity index is 1.91. The number of nitrogens with two attached hydrogens (primary N) is 1. The lowest BCUT2D eigenvalue weighted by atomic mass is 9.77. The lowest BCUT2D eigenvalue weighted by molar-refractivity contribution is 0.354. The largest absolute Gasteiger partial charge is 0.338 e. The number of benzene rings is 1. The molecular formula is C12H13N3O. The van der Waals surface area contributed by atoms with Gasteiger partial charge >= 0.3 is 0 Å². The zero-order valence-corrected chi connectivity index (χ0v) is 9.05. The van der Waals surface area contributed by atoms with Gasteiger partial charge in [0.15, 0.2) is 5.82 Å². The standard InChI is InChI=1S/C12H13N3O/c1-7(13)12-14-11(15-16-12)10-6-8-4-2-3-5-9(8)10/h2-5,7,10H,6,13H2,1H3. The summed E-state index contributed by atoms with van der Waals surface area (Å²) in [6.07, 6.45) is 0.994. The lowest BCUT2D eigenvalue weighted by Gasteiger charge is -2.27. The van der Waals surface area contributed by atoms with E-state index in [0.29, 0.717) is 5.89 Å². The van der Waals surface area contributed by atoms with Crippen LogP contribution < -0.4 is 5.73 Å². The van der Waals surface area contributed by atoms with Crippen LogP contribution in [0.1, 0.15) is 41.7 Å². The van der Waals surface area contributed by atoms with Crippen molar-refractivity contribution in [3.63, 3.8) is 0 Å². The Bertz CT molecular complexity index is 518. The molecule has 2 aromatic rings. The molecule has 2 unspecified atom stereocenters. The average molecular weight is 215 g/mol. The molecule has 3 rings (SSSR count).